The average molecular weight is 264 g/mol. The van der Waals surface area contributed by atoms with Gasteiger partial charge in [-0.25, -0.2) is 9.18 Å². The van der Waals surface area contributed by atoms with Gasteiger partial charge in [-0.05, 0) is 38.8 Å². The van der Waals surface area contributed by atoms with Crippen molar-refractivity contribution in [2.24, 2.45) is 0 Å². The van der Waals surface area contributed by atoms with Crippen molar-refractivity contribution < 1.29 is 18.7 Å². The highest BCUT2D eigenvalue weighted by molar-refractivity contribution is 6.19. The van der Waals surface area contributed by atoms with E-state index in [1.165, 1.54) is 0 Å². The van der Waals surface area contributed by atoms with Crippen molar-refractivity contribution in [3.05, 3.63) is 34.9 Å². The maximum Gasteiger partial charge on any atom is 0.353 e. The van der Waals surface area contributed by atoms with Gasteiger partial charge < -0.3 is 4.74 Å². The molecule has 2 rings (SSSR count). The van der Waals surface area contributed by atoms with Gasteiger partial charge in [0.15, 0.2) is 0 Å². The highest BCUT2D eigenvalue weighted by Gasteiger charge is 2.55. The molecule has 1 aliphatic carbocycles. The van der Waals surface area contributed by atoms with Crippen molar-refractivity contribution >= 4 is 11.8 Å². The maximum atomic E-state index is 14.8. The minimum atomic E-state index is -2.58. The topological polar surface area (TPSA) is 43.4 Å². The Morgan fingerprint density at radius 1 is 1.37 bits per heavy atom. The van der Waals surface area contributed by atoms with Crippen LogP contribution in [0, 0.1) is 6.92 Å². The standard InChI is InChI=1S/C15H17FO3/c1-9-6-5-7-10-8-15(16,12(17)11(9)10)13(18)19-14(2,3)4/h5-7H,8H2,1-4H3. The van der Waals surface area contributed by atoms with E-state index in [0.29, 0.717) is 16.7 Å². The number of rotatable bonds is 1. The smallest absolute Gasteiger partial charge is 0.353 e. The number of Topliss-reactive ketones (excluding diaryl/α,β-unsaturated/α-hetero) is 1. The Hall–Kier alpha value is -1.71. The molecule has 0 radical (unpaired) electrons. The lowest BCUT2D eigenvalue weighted by Crippen LogP contribution is -2.44. The van der Waals surface area contributed by atoms with E-state index >= 15 is 0 Å². The predicted molar refractivity (Wildman–Crippen MR) is 68.9 cm³/mol. The second-order valence-corrected chi connectivity index (χ2v) is 5.92. The fourth-order valence-corrected chi connectivity index (χ4v) is 2.27. The van der Waals surface area contributed by atoms with Crippen LogP contribution in [0.1, 0.15) is 42.3 Å². The third-order valence-electron chi connectivity index (χ3n) is 3.10. The molecule has 102 valence electrons. The summed E-state index contributed by atoms with van der Waals surface area (Å²) in [5.41, 5.74) is -1.83. The van der Waals surface area contributed by atoms with Gasteiger partial charge in [0, 0.05) is 12.0 Å². The van der Waals surface area contributed by atoms with Crippen LogP contribution >= 0.6 is 0 Å². The first kappa shape index (κ1) is 13.7. The van der Waals surface area contributed by atoms with Gasteiger partial charge in [0.2, 0.25) is 5.78 Å². The van der Waals surface area contributed by atoms with Crippen molar-refractivity contribution in [3.63, 3.8) is 0 Å². The van der Waals surface area contributed by atoms with Crippen molar-refractivity contribution in [2.45, 2.75) is 45.4 Å². The lowest BCUT2D eigenvalue weighted by molar-refractivity contribution is -0.165. The number of carbonyl (C=O) groups excluding carboxylic acids is 2. The van der Waals surface area contributed by atoms with Crippen molar-refractivity contribution in [1.82, 2.24) is 0 Å². The molecular formula is C15H17FO3. The fraction of sp³-hybridized carbons (Fsp3) is 0.467. The van der Waals surface area contributed by atoms with Crippen LogP contribution < -0.4 is 0 Å². The summed E-state index contributed by atoms with van der Waals surface area (Å²) in [5, 5.41) is 0. The molecule has 0 heterocycles. The molecule has 0 aromatic heterocycles. The zero-order valence-corrected chi connectivity index (χ0v) is 11.5. The van der Waals surface area contributed by atoms with Crippen LogP contribution in [0.15, 0.2) is 18.2 Å². The Kier molecular flexibility index (Phi) is 3.00. The first-order chi connectivity index (χ1) is 8.65. The van der Waals surface area contributed by atoms with E-state index in [-0.39, 0.29) is 6.42 Å². The number of ketones is 1. The zero-order valence-electron chi connectivity index (χ0n) is 11.5. The molecule has 0 amide bonds. The van der Waals surface area contributed by atoms with Gasteiger partial charge in [0.1, 0.15) is 5.60 Å². The molecule has 1 aromatic rings. The first-order valence-electron chi connectivity index (χ1n) is 6.21. The van der Waals surface area contributed by atoms with Crippen LogP contribution in [0.25, 0.3) is 0 Å². The van der Waals surface area contributed by atoms with Crippen molar-refractivity contribution in [3.8, 4) is 0 Å². The van der Waals surface area contributed by atoms with Gasteiger partial charge in [0.25, 0.3) is 5.67 Å². The summed E-state index contributed by atoms with van der Waals surface area (Å²) in [6, 6.07) is 5.16. The third kappa shape index (κ3) is 2.27. The summed E-state index contributed by atoms with van der Waals surface area (Å²) in [7, 11) is 0. The number of fused-ring (bicyclic) bond motifs is 1. The number of benzene rings is 1. The molecule has 4 heteroatoms. The number of halogens is 1. The number of carbonyl (C=O) groups is 2. The van der Waals surface area contributed by atoms with E-state index in [9.17, 15) is 14.0 Å². The highest BCUT2D eigenvalue weighted by atomic mass is 19.1. The first-order valence-corrected chi connectivity index (χ1v) is 6.21. The van der Waals surface area contributed by atoms with Gasteiger partial charge in [-0.3, -0.25) is 4.79 Å². The van der Waals surface area contributed by atoms with E-state index in [1.807, 2.05) is 0 Å². The van der Waals surface area contributed by atoms with Gasteiger partial charge in [-0.1, -0.05) is 18.2 Å². The Bertz CT molecular complexity index is 557. The van der Waals surface area contributed by atoms with Crippen LogP contribution in [0.4, 0.5) is 4.39 Å². The molecule has 0 N–H and O–H groups in total. The minimum absolute atomic E-state index is 0.238. The van der Waals surface area contributed by atoms with Gasteiger partial charge in [0.05, 0.1) is 0 Å². The van der Waals surface area contributed by atoms with E-state index < -0.39 is 23.0 Å². The average Bonchev–Trinajstić information content (AvgIpc) is 2.51. The molecule has 0 bridgehead atoms. The van der Waals surface area contributed by atoms with Crippen LogP contribution in [0.5, 0.6) is 0 Å². The Labute approximate surface area is 111 Å². The van der Waals surface area contributed by atoms with Gasteiger partial charge >= 0.3 is 5.97 Å². The molecule has 0 saturated heterocycles. The maximum absolute atomic E-state index is 14.8. The van der Waals surface area contributed by atoms with Gasteiger partial charge in [-0.15, -0.1) is 0 Å². The van der Waals surface area contributed by atoms with Gasteiger partial charge in [-0.2, -0.15) is 0 Å². The second-order valence-electron chi connectivity index (χ2n) is 5.92. The lowest BCUT2D eigenvalue weighted by atomic mass is 10.00. The molecule has 1 atom stereocenters. The normalized spacial score (nSPS) is 22.3. The van der Waals surface area contributed by atoms with Crippen LogP contribution in [-0.4, -0.2) is 23.0 Å². The SMILES string of the molecule is Cc1cccc2c1C(=O)C(F)(C(=O)OC(C)(C)C)C2. The molecule has 3 nitrogen and oxygen atoms in total. The van der Waals surface area contributed by atoms with E-state index in [0.717, 1.165) is 0 Å². The molecule has 1 unspecified atom stereocenters. The summed E-state index contributed by atoms with van der Waals surface area (Å²) < 4.78 is 19.8. The molecular weight excluding hydrogens is 247 g/mol. The van der Waals surface area contributed by atoms with Crippen molar-refractivity contribution in [2.75, 3.05) is 0 Å². The number of esters is 1. The summed E-state index contributed by atoms with van der Waals surface area (Å²) >= 11 is 0. The number of aryl methyl sites for hydroxylation is 1. The molecule has 0 spiro atoms. The van der Waals surface area contributed by atoms with E-state index in [2.05, 4.69) is 0 Å². The van der Waals surface area contributed by atoms with Crippen LogP contribution in [0.2, 0.25) is 0 Å². The number of hydrogen-bond donors (Lipinski definition) is 0. The number of ether oxygens (including phenoxy) is 1. The largest absolute Gasteiger partial charge is 0.457 e. The molecule has 1 aliphatic rings. The second kappa shape index (κ2) is 4.15. The van der Waals surface area contributed by atoms with Crippen molar-refractivity contribution in [1.29, 1.82) is 0 Å². The molecule has 19 heavy (non-hydrogen) atoms. The summed E-state index contributed by atoms with van der Waals surface area (Å²) in [4.78, 5) is 24.1. The summed E-state index contributed by atoms with van der Waals surface area (Å²) in [6.07, 6.45) is -0.238. The molecule has 1 aromatic carbocycles. The Morgan fingerprint density at radius 2 is 2.00 bits per heavy atom. The minimum Gasteiger partial charge on any atom is -0.457 e. The monoisotopic (exact) mass is 264 g/mol. The number of alkyl halides is 1. The third-order valence-corrected chi connectivity index (χ3v) is 3.10. The summed E-state index contributed by atoms with van der Waals surface area (Å²) in [5.74, 6) is -1.88. The number of hydrogen-bond acceptors (Lipinski definition) is 3. The fourth-order valence-electron chi connectivity index (χ4n) is 2.27. The van der Waals surface area contributed by atoms with E-state index in [1.54, 1.807) is 45.9 Å². The lowest BCUT2D eigenvalue weighted by Gasteiger charge is -2.24. The van der Waals surface area contributed by atoms with Crippen LogP contribution in [-0.2, 0) is 16.0 Å². The Morgan fingerprint density at radius 3 is 2.53 bits per heavy atom. The quantitative estimate of drug-likeness (QED) is 0.578. The molecule has 0 fully saturated rings. The van der Waals surface area contributed by atoms with E-state index in [4.69, 9.17) is 4.74 Å². The zero-order chi connectivity index (χ0) is 14.4. The molecule has 0 aliphatic heterocycles. The summed E-state index contributed by atoms with van der Waals surface area (Å²) in [6.45, 7) is 6.67. The Balaban J connectivity index is 2.37. The highest BCUT2D eigenvalue weighted by Crippen LogP contribution is 2.36. The van der Waals surface area contributed by atoms with Crippen LogP contribution in [0.3, 0.4) is 0 Å². The molecule has 0 saturated carbocycles. The predicted octanol–water partition coefficient (Wildman–Crippen LogP) is 2.78.